The maximum Gasteiger partial charge on any atom is 0.230 e. The fraction of sp³-hybridized carbons (Fsp3) is 0.182. The molecule has 0 aliphatic carbocycles. The average molecular weight is 491 g/mol. The van der Waals surface area contributed by atoms with E-state index >= 15 is 0 Å². The largest absolute Gasteiger partial charge is 0.497 e. The second-order valence-corrected chi connectivity index (χ2v) is 10.5. The van der Waals surface area contributed by atoms with Gasteiger partial charge in [0.25, 0.3) is 0 Å². The molecular weight excluding hydrogens is 472 g/mol. The Bertz CT molecular complexity index is 1330. The normalized spacial score (nSPS) is 11.6. The number of carbonyl (C=O) groups is 1. The van der Waals surface area contributed by atoms with Crippen molar-refractivity contribution < 1.29 is 22.4 Å². The predicted molar refractivity (Wildman–Crippen MR) is 124 cm³/mol. The number of anilines is 1. The van der Waals surface area contributed by atoms with E-state index in [0.29, 0.717) is 21.7 Å². The van der Waals surface area contributed by atoms with Crippen LogP contribution in [-0.2, 0) is 21.2 Å². The van der Waals surface area contributed by atoms with Crippen LogP contribution in [0, 0.1) is 0 Å². The maximum atomic E-state index is 13.1. The molecule has 0 spiro atoms. The third-order valence-electron chi connectivity index (χ3n) is 4.77. The fourth-order valence-electron chi connectivity index (χ4n) is 3.07. The smallest absolute Gasteiger partial charge is 0.230 e. The Morgan fingerprint density at radius 3 is 2.66 bits per heavy atom. The molecule has 0 radical (unpaired) electrons. The minimum Gasteiger partial charge on any atom is -0.497 e. The number of hydrogen-bond acceptors (Lipinski definition) is 7. The van der Waals surface area contributed by atoms with E-state index in [-0.39, 0.29) is 29.5 Å². The molecule has 10 heteroatoms. The molecule has 0 atom stereocenters. The van der Waals surface area contributed by atoms with Gasteiger partial charge in [-0.3, -0.25) is 9.69 Å². The summed E-state index contributed by atoms with van der Waals surface area (Å²) in [6.45, 7) is 0.143. The van der Waals surface area contributed by atoms with Gasteiger partial charge in [0, 0.05) is 11.4 Å². The highest BCUT2D eigenvalue weighted by molar-refractivity contribution is 7.91. The number of ether oxygens (including phenoxy) is 1. The van der Waals surface area contributed by atoms with Gasteiger partial charge < -0.3 is 9.15 Å². The van der Waals surface area contributed by atoms with Crippen molar-refractivity contribution in [3.63, 3.8) is 0 Å². The van der Waals surface area contributed by atoms with Crippen LogP contribution in [0.5, 0.6) is 5.75 Å². The molecule has 7 nitrogen and oxygen atoms in total. The fourth-order valence-corrected chi connectivity index (χ4v) is 5.44. The predicted octanol–water partition coefficient (Wildman–Crippen LogP) is 4.95. The Morgan fingerprint density at radius 1 is 1.19 bits per heavy atom. The molecule has 4 rings (SSSR count). The van der Waals surface area contributed by atoms with Gasteiger partial charge in [-0.25, -0.2) is 13.4 Å². The van der Waals surface area contributed by atoms with E-state index in [4.69, 9.17) is 20.8 Å². The van der Waals surface area contributed by atoms with Gasteiger partial charge in [-0.05, 0) is 54.6 Å². The molecule has 0 fully saturated rings. The molecule has 0 unspecified atom stereocenters. The second-order valence-electron chi connectivity index (χ2n) is 6.91. The van der Waals surface area contributed by atoms with Crippen molar-refractivity contribution in [2.24, 2.45) is 0 Å². The molecule has 2 aromatic heterocycles. The van der Waals surface area contributed by atoms with Crippen LogP contribution in [-0.4, -0.2) is 32.2 Å². The molecule has 2 heterocycles. The molecule has 0 aliphatic rings. The van der Waals surface area contributed by atoms with E-state index in [2.05, 4.69) is 4.98 Å². The van der Waals surface area contributed by atoms with Crippen molar-refractivity contribution in [3.8, 4) is 5.75 Å². The van der Waals surface area contributed by atoms with Gasteiger partial charge in [-0.1, -0.05) is 22.9 Å². The number of hydrogen-bond donors (Lipinski definition) is 0. The molecule has 0 bridgehead atoms. The zero-order chi connectivity index (χ0) is 22.7. The van der Waals surface area contributed by atoms with Crippen molar-refractivity contribution in [3.05, 3.63) is 71.6 Å². The Labute approximate surface area is 194 Å². The first kappa shape index (κ1) is 22.3. The van der Waals surface area contributed by atoms with Crippen LogP contribution in [0.2, 0.25) is 5.02 Å². The average Bonchev–Trinajstić information content (AvgIpc) is 3.45. The lowest BCUT2D eigenvalue weighted by molar-refractivity contribution is -0.118. The van der Waals surface area contributed by atoms with Crippen molar-refractivity contribution in [1.29, 1.82) is 0 Å². The van der Waals surface area contributed by atoms with Crippen molar-refractivity contribution in [1.82, 2.24) is 4.98 Å². The summed E-state index contributed by atoms with van der Waals surface area (Å²) < 4.78 is 36.9. The first-order chi connectivity index (χ1) is 15.4. The number of fused-ring (bicyclic) bond motifs is 1. The summed E-state index contributed by atoms with van der Waals surface area (Å²) in [5.74, 6) is 0.548. The number of amides is 1. The third-order valence-corrected chi connectivity index (χ3v) is 7.79. The Kier molecular flexibility index (Phi) is 6.50. The SMILES string of the molecule is COc1ccc2nc(N(Cc3ccco3)C(=O)CCS(=O)(=O)c3ccc(Cl)cc3)sc2c1. The molecule has 0 saturated carbocycles. The number of thiazole rings is 1. The standard InChI is InChI=1S/C22H19ClN2O5S2/c1-29-16-6-9-19-20(13-16)31-22(24-19)25(14-17-3-2-11-30-17)21(26)10-12-32(27,28)18-7-4-15(23)5-8-18/h2-9,11,13H,10,12,14H2,1H3. The van der Waals surface area contributed by atoms with Gasteiger partial charge in [0.15, 0.2) is 15.0 Å². The summed E-state index contributed by atoms with van der Waals surface area (Å²) in [6.07, 6.45) is 1.32. The number of aromatic nitrogens is 1. The monoisotopic (exact) mass is 490 g/mol. The number of sulfone groups is 1. The minimum atomic E-state index is -3.65. The summed E-state index contributed by atoms with van der Waals surface area (Å²) >= 11 is 7.17. The highest BCUT2D eigenvalue weighted by Gasteiger charge is 2.24. The summed E-state index contributed by atoms with van der Waals surface area (Å²) in [5, 5.41) is 0.899. The summed E-state index contributed by atoms with van der Waals surface area (Å²) in [6, 6.07) is 14.8. The second kappa shape index (κ2) is 9.32. The van der Waals surface area contributed by atoms with Crippen LogP contribution < -0.4 is 9.64 Å². The van der Waals surface area contributed by atoms with E-state index < -0.39 is 9.84 Å². The molecule has 32 heavy (non-hydrogen) atoms. The zero-order valence-corrected chi connectivity index (χ0v) is 19.4. The number of halogens is 1. The van der Waals surface area contributed by atoms with E-state index in [1.165, 1.54) is 46.8 Å². The Hall–Kier alpha value is -2.88. The third kappa shape index (κ3) is 4.95. The lowest BCUT2D eigenvalue weighted by Crippen LogP contribution is -2.31. The quantitative estimate of drug-likeness (QED) is 0.347. The minimum absolute atomic E-state index is 0.124. The molecule has 1 amide bonds. The molecular formula is C22H19ClN2O5S2. The van der Waals surface area contributed by atoms with Crippen molar-refractivity contribution in [2.75, 3.05) is 17.8 Å². The van der Waals surface area contributed by atoms with Gasteiger partial charge >= 0.3 is 0 Å². The van der Waals surface area contributed by atoms with Crippen molar-refractivity contribution >= 4 is 54.0 Å². The molecule has 166 valence electrons. The molecule has 0 N–H and O–H groups in total. The Balaban J connectivity index is 1.58. The summed E-state index contributed by atoms with van der Waals surface area (Å²) in [4.78, 5) is 19.3. The molecule has 2 aromatic carbocycles. The Morgan fingerprint density at radius 2 is 1.97 bits per heavy atom. The van der Waals surface area contributed by atoms with E-state index in [0.717, 1.165) is 10.2 Å². The van der Waals surface area contributed by atoms with Gasteiger partial charge in [0.05, 0.1) is 40.8 Å². The van der Waals surface area contributed by atoms with Gasteiger partial charge in [-0.2, -0.15) is 0 Å². The maximum absolute atomic E-state index is 13.1. The summed E-state index contributed by atoms with van der Waals surface area (Å²) in [7, 11) is -2.07. The van der Waals surface area contributed by atoms with E-state index in [9.17, 15) is 13.2 Å². The molecule has 0 saturated heterocycles. The van der Waals surface area contributed by atoms with Crippen LogP contribution in [0.4, 0.5) is 5.13 Å². The highest BCUT2D eigenvalue weighted by Crippen LogP contribution is 2.32. The van der Waals surface area contributed by atoms with Gasteiger partial charge in [-0.15, -0.1) is 0 Å². The molecule has 4 aromatic rings. The lowest BCUT2D eigenvalue weighted by atomic mass is 10.3. The topological polar surface area (TPSA) is 89.7 Å². The van der Waals surface area contributed by atoms with Gasteiger partial charge in [0.2, 0.25) is 5.91 Å². The van der Waals surface area contributed by atoms with Crippen LogP contribution >= 0.6 is 22.9 Å². The number of benzene rings is 2. The van der Waals surface area contributed by atoms with Gasteiger partial charge in [0.1, 0.15) is 11.5 Å². The van der Waals surface area contributed by atoms with E-state index in [1.807, 2.05) is 12.1 Å². The molecule has 0 aliphatic heterocycles. The number of rotatable bonds is 8. The first-order valence-corrected chi connectivity index (χ1v) is 12.5. The van der Waals surface area contributed by atoms with Crippen molar-refractivity contribution in [2.45, 2.75) is 17.9 Å². The van der Waals surface area contributed by atoms with E-state index in [1.54, 1.807) is 25.3 Å². The lowest BCUT2D eigenvalue weighted by Gasteiger charge is -2.18. The zero-order valence-electron chi connectivity index (χ0n) is 17.0. The van der Waals surface area contributed by atoms with Crippen LogP contribution in [0.25, 0.3) is 10.2 Å². The number of nitrogens with zero attached hydrogens (tertiary/aromatic N) is 2. The van der Waals surface area contributed by atoms with Crippen LogP contribution in [0.3, 0.4) is 0 Å². The summed E-state index contributed by atoms with van der Waals surface area (Å²) in [5.41, 5.74) is 0.719. The highest BCUT2D eigenvalue weighted by atomic mass is 35.5. The number of furan rings is 1. The van der Waals surface area contributed by atoms with Crippen LogP contribution in [0.1, 0.15) is 12.2 Å². The number of carbonyl (C=O) groups excluding carboxylic acids is 1. The first-order valence-electron chi connectivity index (χ1n) is 9.61. The number of methoxy groups -OCH3 is 1. The van der Waals surface area contributed by atoms with Crippen LogP contribution in [0.15, 0.2) is 70.2 Å².